The number of ether oxygens (including phenoxy) is 2. The third-order valence-electron chi connectivity index (χ3n) is 4.46. The van der Waals surface area contributed by atoms with Gasteiger partial charge in [0.2, 0.25) is 0 Å². The van der Waals surface area contributed by atoms with Crippen molar-refractivity contribution in [1.29, 1.82) is 0 Å². The molecule has 0 saturated carbocycles. The van der Waals surface area contributed by atoms with Crippen LogP contribution >= 0.6 is 0 Å². The lowest BCUT2D eigenvalue weighted by atomic mass is 9.98. The summed E-state index contributed by atoms with van der Waals surface area (Å²) in [6.45, 7) is 0.759. The van der Waals surface area contributed by atoms with Gasteiger partial charge in [0.25, 0.3) is 6.08 Å². The zero-order valence-corrected chi connectivity index (χ0v) is 16.2. The highest BCUT2D eigenvalue weighted by atomic mass is 19.3. The second kappa shape index (κ2) is 12.5. The molecule has 0 aliphatic carbocycles. The van der Waals surface area contributed by atoms with Gasteiger partial charge in [0, 0.05) is 0 Å². The third-order valence-corrected chi connectivity index (χ3v) is 4.46. The first-order valence-electron chi connectivity index (χ1n) is 9.68. The average molecular weight is 404 g/mol. The number of carboxylic acid groups (broad SMARTS) is 1. The summed E-state index contributed by atoms with van der Waals surface area (Å²) < 4.78 is 35.3. The maximum Gasteiger partial charge on any atom is 0.306 e. The van der Waals surface area contributed by atoms with Gasteiger partial charge in [-0.3, -0.25) is 4.79 Å². The minimum atomic E-state index is -1.69. The zero-order chi connectivity index (χ0) is 20.9. The molecule has 156 valence electrons. The Kier molecular flexibility index (Phi) is 9.69. The van der Waals surface area contributed by atoms with E-state index >= 15 is 0 Å². The van der Waals surface area contributed by atoms with Gasteiger partial charge in [-0.25, -0.2) is 0 Å². The highest BCUT2D eigenvalue weighted by molar-refractivity contribution is 5.69. The van der Waals surface area contributed by atoms with Crippen molar-refractivity contribution in [2.45, 2.75) is 38.7 Å². The Hall–Kier alpha value is -2.89. The van der Waals surface area contributed by atoms with E-state index in [-0.39, 0.29) is 13.0 Å². The van der Waals surface area contributed by atoms with Crippen LogP contribution in [-0.2, 0) is 11.4 Å². The highest BCUT2D eigenvalue weighted by Gasteiger charge is 2.17. The fourth-order valence-electron chi connectivity index (χ4n) is 2.83. The summed E-state index contributed by atoms with van der Waals surface area (Å²) in [4.78, 5) is 11.3. The van der Waals surface area contributed by atoms with E-state index in [4.69, 9.17) is 9.47 Å². The fraction of sp³-hybridized carbons (Fsp3) is 0.348. The van der Waals surface area contributed by atoms with Crippen molar-refractivity contribution in [2.75, 3.05) is 6.61 Å². The molecular formula is C23H26F2O4. The Bertz CT molecular complexity index is 756. The molecule has 0 spiro atoms. The van der Waals surface area contributed by atoms with Gasteiger partial charge in [0.05, 0.1) is 12.5 Å². The zero-order valence-electron chi connectivity index (χ0n) is 16.2. The lowest BCUT2D eigenvalue weighted by Crippen LogP contribution is -2.17. The SMILES string of the molecule is O=C(O)C(CCCCC=C(F)F)CCOc1ccc(OCc2ccccc2)cc1. The van der Waals surface area contributed by atoms with Crippen LogP contribution in [0.5, 0.6) is 11.5 Å². The van der Waals surface area contributed by atoms with Crippen LogP contribution < -0.4 is 9.47 Å². The second-order valence-corrected chi connectivity index (χ2v) is 6.70. The van der Waals surface area contributed by atoms with E-state index in [1.807, 2.05) is 42.5 Å². The van der Waals surface area contributed by atoms with Crippen LogP contribution in [0.15, 0.2) is 66.8 Å². The van der Waals surface area contributed by atoms with E-state index in [9.17, 15) is 18.7 Å². The van der Waals surface area contributed by atoms with E-state index in [2.05, 4.69) is 0 Å². The standard InChI is InChI=1S/C23H26F2O4/c24-22(25)10-6-2-5-9-19(23(26)27)15-16-28-20-11-13-21(14-12-20)29-17-18-7-3-1-4-8-18/h1,3-4,7-8,10-14,19H,2,5-6,9,15-17H2,(H,26,27). The molecule has 1 atom stereocenters. The van der Waals surface area contributed by atoms with Crippen LogP contribution in [0.3, 0.4) is 0 Å². The van der Waals surface area contributed by atoms with E-state index < -0.39 is 18.0 Å². The number of unbranched alkanes of at least 4 members (excludes halogenated alkanes) is 2. The van der Waals surface area contributed by atoms with Crippen LogP contribution in [0.25, 0.3) is 0 Å². The van der Waals surface area contributed by atoms with E-state index in [0.29, 0.717) is 38.0 Å². The van der Waals surface area contributed by atoms with Crippen LogP contribution in [-0.4, -0.2) is 17.7 Å². The topological polar surface area (TPSA) is 55.8 Å². The molecule has 4 nitrogen and oxygen atoms in total. The van der Waals surface area contributed by atoms with Crippen molar-refractivity contribution in [3.8, 4) is 11.5 Å². The summed E-state index contributed by atoms with van der Waals surface area (Å²) in [7, 11) is 0. The molecule has 0 aromatic heterocycles. The predicted octanol–water partition coefficient (Wildman–Crippen LogP) is 6.08. The molecule has 6 heteroatoms. The molecule has 0 bridgehead atoms. The minimum absolute atomic E-state index is 0.268. The Labute approximate surface area is 169 Å². The molecule has 0 aliphatic rings. The number of benzene rings is 2. The molecule has 1 N–H and O–H groups in total. The Morgan fingerprint density at radius 3 is 2.21 bits per heavy atom. The normalized spacial score (nSPS) is 11.5. The fourth-order valence-corrected chi connectivity index (χ4v) is 2.83. The van der Waals surface area contributed by atoms with Gasteiger partial charge in [-0.15, -0.1) is 0 Å². The van der Waals surface area contributed by atoms with Gasteiger partial charge in [-0.05, 0) is 61.6 Å². The van der Waals surface area contributed by atoms with Gasteiger partial charge in [-0.1, -0.05) is 36.8 Å². The maximum atomic E-state index is 12.0. The van der Waals surface area contributed by atoms with Gasteiger partial charge < -0.3 is 14.6 Å². The number of aliphatic carboxylic acids is 1. The second-order valence-electron chi connectivity index (χ2n) is 6.70. The molecule has 0 amide bonds. The van der Waals surface area contributed by atoms with Crippen molar-refractivity contribution in [1.82, 2.24) is 0 Å². The molecular weight excluding hydrogens is 378 g/mol. The molecule has 2 aromatic carbocycles. The number of allylic oxidation sites excluding steroid dienone is 1. The lowest BCUT2D eigenvalue weighted by Gasteiger charge is -2.13. The lowest BCUT2D eigenvalue weighted by molar-refractivity contribution is -0.142. The number of carbonyl (C=O) groups is 1. The molecule has 0 aliphatic heterocycles. The Morgan fingerprint density at radius 2 is 1.59 bits per heavy atom. The Balaban J connectivity index is 1.69. The van der Waals surface area contributed by atoms with Crippen LogP contribution in [0, 0.1) is 5.92 Å². The van der Waals surface area contributed by atoms with Crippen LogP contribution in [0.2, 0.25) is 0 Å². The maximum absolute atomic E-state index is 12.0. The average Bonchev–Trinajstić information content (AvgIpc) is 2.72. The molecule has 2 rings (SSSR count). The van der Waals surface area contributed by atoms with Gasteiger partial charge in [-0.2, -0.15) is 8.78 Å². The smallest absolute Gasteiger partial charge is 0.306 e. The number of hydrogen-bond acceptors (Lipinski definition) is 3. The van der Waals surface area contributed by atoms with E-state index in [1.165, 1.54) is 0 Å². The molecule has 0 fully saturated rings. The van der Waals surface area contributed by atoms with Gasteiger partial charge in [0.15, 0.2) is 0 Å². The third kappa shape index (κ3) is 9.23. The van der Waals surface area contributed by atoms with Crippen molar-refractivity contribution >= 4 is 5.97 Å². The van der Waals surface area contributed by atoms with Crippen molar-refractivity contribution in [2.24, 2.45) is 5.92 Å². The first kappa shape index (κ1) is 22.4. The first-order chi connectivity index (χ1) is 14.0. The van der Waals surface area contributed by atoms with E-state index in [1.54, 1.807) is 12.1 Å². The monoisotopic (exact) mass is 404 g/mol. The predicted molar refractivity (Wildman–Crippen MR) is 107 cm³/mol. The van der Waals surface area contributed by atoms with Crippen molar-refractivity contribution in [3.05, 3.63) is 72.3 Å². The first-order valence-corrected chi connectivity index (χ1v) is 9.68. The summed E-state index contributed by atoms with van der Waals surface area (Å²) >= 11 is 0. The highest BCUT2D eigenvalue weighted by Crippen LogP contribution is 2.20. The number of carboxylic acids is 1. The largest absolute Gasteiger partial charge is 0.494 e. The van der Waals surface area contributed by atoms with Gasteiger partial charge >= 0.3 is 5.97 Å². The minimum Gasteiger partial charge on any atom is -0.494 e. The number of halogens is 2. The van der Waals surface area contributed by atoms with Crippen LogP contribution in [0.1, 0.15) is 37.7 Å². The van der Waals surface area contributed by atoms with Crippen molar-refractivity contribution in [3.63, 3.8) is 0 Å². The van der Waals surface area contributed by atoms with Crippen LogP contribution in [0.4, 0.5) is 8.78 Å². The molecule has 0 heterocycles. The molecule has 1 unspecified atom stereocenters. The van der Waals surface area contributed by atoms with Gasteiger partial charge in [0.1, 0.15) is 18.1 Å². The van der Waals surface area contributed by atoms with Crippen molar-refractivity contribution < 1.29 is 28.2 Å². The summed E-state index contributed by atoms with van der Waals surface area (Å²) in [6, 6.07) is 17.0. The number of hydrogen-bond donors (Lipinski definition) is 1. The molecule has 29 heavy (non-hydrogen) atoms. The summed E-state index contributed by atoms with van der Waals surface area (Å²) in [6.07, 6.45) is 1.41. The molecule has 0 radical (unpaired) electrons. The number of rotatable bonds is 13. The molecule has 0 saturated heterocycles. The summed E-state index contributed by atoms with van der Waals surface area (Å²) in [5.74, 6) is -0.0544. The Morgan fingerprint density at radius 1 is 0.931 bits per heavy atom. The summed E-state index contributed by atoms with van der Waals surface area (Å²) in [5.41, 5.74) is 1.08. The summed E-state index contributed by atoms with van der Waals surface area (Å²) in [5, 5.41) is 9.30. The quantitative estimate of drug-likeness (QED) is 0.411. The molecule has 2 aromatic rings. The van der Waals surface area contributed by atoms with E-state index in [0.717, 1.165) is 17.4 Å².